The smallest absolute Gasteiger partial charge is 0.341 e. The van der Waals surface area contributed by atoms with E-state index < -0.39 is 5.97 Å². The van der Waals surface area contributed by atoms with E-state index in [9.17, 15) is 9.59 Å². The van der Waals surface area contributed by atoms with Gasteiger partial charge in [-0.3, -0.25) is 4.79 Å². The summed E-state index contributed by atoms with van der Waals surface area (Å²) in [5.41, 5.74) is 3.61. The quantitative estimate of drug-likeness (QED) is 0.338. The SMILES string of the molecule is CCOC(=O)c1c(-c2ccccc2)csc1NC(=O)/C=C/c1ccc(-n2cnnn2)cc1. The van der Waals surface area contributed by atoms with Crippen LogP contribution in [-0.4, -0.2) is 38.7 Å². The molecule has 9 heteroatoms. The van der Waals surface area contributed by atoms with Crippen molar-refractivity contribution in [2.45, 2.75) is 6.92 Å². The Morgan fingerprint density at radius 3 is 2.59 bits per heavy atom. The second kappa shape index (κ2) is 9.80. The van der Waals surface area contributed by atoms with Gasteiger partial charge in [0.25, 0.3) is 0 Å². The number of benzene rings is 2. The van der Waals surface area contributed by atoms with Crippen LogP contribution in [0, 0.1) is 0 Å². The van der Waals surface area contributed by atoms with Crippen LogP contribution in [0.25, 0.3) is 22.9 Å². The summed E-state index contributed by atoms with van der Waals surface area (Å²) in [7, 11) is 0. The number of rotatable bonds is 7. The third-order valence-electron chi connectivity index (χ3n) is 4.53. The number of hydrogen-bond acceptors (Lipinski definition) is 7. The Kier molecular flexibility index (Phi) is 6.47. The molecule has 0 saturated heterocycles. The summed E-state index contributed by atoms with van der Waals surface area (Å²) in [6, 6.07) is 16.9. The number of carbonyl (C=O) groups excluding carboxylic acids is 2. The van der Waals surface area contributed by atoms with E-state index in [0.717, 1.165) is 22.4 Å². The Balaban J connectivity index is 1.51. The first kappa shape index (κ1) is 21.1. The van der Waals surface area contributed by atoms with Gasteiger partial charge in [0, 0.05) is 17.0 Å². The fraction of sp³-hybridized carbons (Fsp3) is 0.0870. The summed E-state index contributed by atoms with van der Waals surface area (Å²) < 4.78 is 6.76. The zero-order valence-electron chi connectivity index (χ0n) is 17.1. The van der Waals surface area contributed by atoms with Crippen LogP contribution in [0.4, 0.5) is 5.00 Å². The monoisotopic (exact) mass is 445 g/mol. The Morgan fingerprint density at radius 1 is 1.12 bits per heavy atom. The van der Waals surface area contributed by atoms with Crippen LogP contribution in [0.3, 0.4) is 0 Å². The lowest BCUT2D eigenvalue weighted by Crippen LogP contribution is -2.12. The molecular weight excluding hydrogens is 426 g/mol. The van der Waals surface area contributed by atoms with Crippen molar-refractivity contribution < 1.29 is 14.3 Å². The molecule has 4 rings (SSSR count). The normalized spacial score (nSPS) is 10.9. The number of hydrogen-bond donors (Lipinski definition) is 1. The molecule has 8 nitrogen and oxygen atoms in total. The van der Waals surface area contributed by atoms with Crippen LogP contribution in [0.15, 0.2) is 72.4 Å². The first-order valence-electron chi connectivity index (χ1n) is 9.82. The topological polar surface area (TPSA) is 99.0 Å². The van der Waals surface area contributed by atoms with Gasteiger partial charge in [0.1, 0.15) is 16.9 Å². The van der Waals surface area contributed by atoms with Crippen molar-refractivity contribution in [1.82, 2.24) is 20.2 Å². The van der Waals surface area contributed by atoms with Gasteiger partial charge in [-0.1, -0.05) is 42.5 Å². The number of aromatic nitrogens is 4. The van der Waals surface area contributed by atoms with Gasteiger partial charge in [-0.15, -0.1) is 16.4 Å². The van der Waals surface area contributed by atoms with Gasteiger partial charge in [0.05, 0.1) is 12.3 Å². The zero-order chi connectivity index (χ0) is 22.3. The Hall–Kier alpha value is -4.11. The Morgan fingerprint density at radius 2 is 1.91 bits per heavy atom. The summed E-state index contributed by atoms with van der Waals surface area (Å²) in [5.74, 6) is -0.813. The van der Waals surface area contributed by atoms with Gasteiger partial charge < -0.3 is 10.1 Å². The largest absolute Gasteiger partial charge is 0.462 e. The van der Waals surface area contributed by atoms with Crippen molar-refractivity contribution in [2.24, 2.45) is 0 Å². The maximum absolute atomic E-state index is 12.6. The Bertz CT molecular complexity index is 1230. The van der Waals surface area contributed by atoms with E-state index in [1.54, 1.807) is 13.0 Å². The molecule has 2 aromatic carbocycles. The average Bonchev–Trinajstić information content (AvgIpc) is 3.49. The molecule has 160 valence electrons. The molecule has 0 aliphatic rings. The van der Waals surface area contributed by atoms with E-state index in [2.05, 4.69) is 20.8 Å². The van der Waals surface area contributed by atoms with E-state index in [0.29, 0.717) is 10.6 Å². The van der Waals surface area contributed by atoms with Crippen LogP contribution in [0.2, 0.25) is 0 Å². The lowest BCUT2D eigenvalue weighted by Gasteiger charge is -2.08. The minimum atomic E-state index is -0.468. The maximum Gasteiger partial charge on any atom is 0.341 e. The highest BCUT2D eigenvalue weighted by Gasteiger charge is 2.22. The second-order valence-electron chi connectivity index (χ2n) is 6.61. The van der Waals surface area contributed by atoms with Crippen LogP contribution in [-0.2, 0) is 9.53 Å². The molecule has 0 aliphatic heterocycles. The number of carbonyl (C=O) groups is 2. The molecule has 0 atom stereocenters. The summed E-state index contributed by atoms with van der Waals surface area (Å²) >= 11 is 1.29. The van der Waals surface area contributed by atoms with Gasteiger partial charge in [-0.25, -0.2) is 9.48 Å². The van der Waals surface area contributed by atoms with Gasteiger partial charge in [-0.2, -0.15) is 0 Å². The van der Waals surface area contributed by atoms with Crippen molar-refractivity contribution in [3.63, 3.8) is 0 Å². The molecule has 0 saturated carbocycles. The maximum atomic E-state index is 12.6. The molecule has 32 heavy (non-hydrogen) atoms. The highest BCUT2D eigenvalue weighted by atomic mass is 32.1. The number of ether oxygens (including phenoxy) is 1. The van der Waals surface area contributed by atoms with Crippen molar-refractivity contribution in [2.75, 3.05) is 11.9 Å². The van der Waals surface area contributed by atoms with Crippen molar-refractivity contribution in [3.8, 4) is 16.8 Å². The molecule has 2 heterocycles. The van der Waals surface area contributed by atoms with E-state index in [1.807, 2.05) is 60.0 Å². The summed E-state index contributed by atoms with van der Waals surface area (Å²) in [6.07, 6.45) is 4.61. The van der Waals surface area contributed by atoms with Crippen LogP contribution in [0.1, 0.15) is 22.8 Å². The molecule has 1 N–H and O–H groups in total. The highest BCUT2D eigenvalue weighted by molar-refractivity contribution is 7.15. The predicted molar refractivity (Wildman–Crippen MR) is 123 cm³/mol. The second-order valence-corrected chi connectivity index (χ2v) is 7.49. The number of anilines is 1. The number of esters is 1. The molecule has 4 aromatic rings. The molecular formula is C23H19N5O3S. The van der Waals surface area contributed by atoms with Crippen LogP contribution in [0.5, 0.6) is 0 Å². The zero-order valence-corrected chi connectivity index (χ0v) is 18.0. The van der Waals surface area contributed by atoms with Crippen LogP contribution < -0.4 is 5.32 Å². The van der Waals surface area contributed by atoms with Gasteiger partial charge in [0.2, 0.25) is 5.91 Å². The summed E-state index contributed by atoms with van der Waals surface area (Å²) in [6.45, 7) is 2.00. The number of tetrazole rings is 1. The first-order chi connectivity index (χ1) is 15.7. The minimum Gasteiger partial charge on any atom is -0.462 e. The average molecular weight is 446 g/mol. The molecule has 0 unspecified atom stereocenters. The standard InChI is InChI=1S/C23H19N5O3S/c1-2-31-23(30)21-19(17-6-4-3-5-7-17)14-32-22(21)25-20(29)13-10-16-8-11-18(12-9-16)28-15-24-26-27-28/h3-15H,2H2,1H3,(H,25,29)/b13-10+. The predicted octanol–water partition coefficient (Wildman–Crippen LogP) is 4.22. The minimum absolute atomic E-state index is 0.247. The molecule has 0 fully saturated rings. The van der Waals surface area contributed by atoms with E-state index in [4.69, 9.17) is 4.74 Å². The summed E-state index contributed by atoms with van der Waals surface area (Å²) in [5, 5.41) is 16.1. The van der Waals surface area contributed by atoms with Crippen molar-refractivity contribution in [3.05, 3.63) is 83.5 Å². The van der Waals surface area contributed by atoms with Crippen LogP contribution >= 0.6 is 11.3 Å². The first-order valence-corrected chi connectivity index (χ1v) is 10.7. The fourth-order valence-corrected chi connectivity index (χ4v) is 3.99. The van der Waals surface area contributed by atoms with Crippen molar-refractivity contribution >= 4 is 34.3 Å². The van der Waals surface area contributed by atoms with Gasteiger partial charge in [0.15, 0.2) is 0 Å². The lowest BCUT2D eigenvalue weighted by atomic mass is 10.0. The fourth-order valence-electron chi connectivity index (χ4n) is 3.03. The molecule has 0 radical (unpaired) electrons. The lowest BCUT2D eigenvalue weighted by molar-refractivity contribution is -0.111. The molecule has 0 spiro atoms. The molecule has 0 bridgehead atoms. The third kappa shape index (κ3) is 4.79. The molecule has 1 amide bonds. The van der Waals surface area contributed by atoms with E-state index in [-0.39, 0.29) is 12.5 Å². The van der Waals surface area contributed by atoms with Crippen molar-refractivity contribution in [1.29, 1.82) is 0 Å². The Labute approximate surface area is 188 Å². The van der Waals surface area contributed by atoms with E-state index in [1.165, 1.54) is 28.4 Å². The molecule has 2 aromatic heterocycles. The number of thiophene rings is 1. The number of amides is 1. The number of nitrogens with zero attached hydrogens (tertiary/aromatic N) is 4. The summed E-state index contributed by atoms with van der Waals surface area (Å²) in [4.78, 5) is 25.2. The molecule has 0 aliphatic carbocycles. The third-order valence-corrected chi connectivity index (χ3v) is 5.42. The van der Waals surface area contributed by atoms with Gasteiger partial charge >= 0.3 is 5.97 Å². The van der Waals surface area contributed by atoms with Gasteiger partial charge in [-0.05, 0) is 46.7 Å². The highest BCUT2D eigenvalue weighted by Crippen LogP contribution is 2.36. The number of nitrogens with one attached hydrogen (secondary N) is 1. The van der Waals surface area contributed by atoms with E-state index >= 15 is 0 Å².